The zero-order valence-electron chi connectivity index (χ0n) is 8.01. The highest BCUT2D eigenvalue weighted by Gasteiger charge is 2.12. The molecule has 3 N–H and O–H groups in total. The predicted molar refractivity (Wildman–Crippen MR) is 53.1 cm³/mol. The Labute approximate surface area is 84.9 Å². The molecule has 5 heteroatoms. The topological polar surface area (TPSA) is 54.7 Å². The van der Waals surface area contributed by atoms with Crippen molar-refractivity contribution >= 4 is 5.82 Å². The minimum atomic E-state index is -0.610. The Morgan fingerprint density at radius 3 is 2.60 bits per heavy atom. The smallest absolute Gasteiger partial charge is 0.192 e. The Kier molecular flexibility index (Phi) is 2.15. The average molecular weight is 209 g/mol. The fourth-order valence-corrected chi connectivity index (χ4v) is 1.33. The number of nitrogen functional groups attached to an aromatic ring is 1. The lowest BCUT2D eigenvalue weighted by molar-refractivity contribution is 0.618. The van der Waals surface area contributed by atoms with Gasteiger partial charge in [0.05, 0.1) is 0 Å². The first-order valence-electron chi connectivity index (χ1n) is 4.35. The van der Waals surface area contributed by atoms with Crippen LogP contribution in [0.5, 0.6) is 0 Å². The highest BCUT2D eigenvalue weighted by Crippen LogP contribution is 2.24. The van der Waals surface area contributed by atoms with Gasteiger partial charge >= 0.3 is 0 Å². The summed E-state index contributed by atoms with van der Waals surface area (Å²) in [4.78, 5) is 0. The molecule has 1 aromatic heterocycles. The van der Waals surface area contributed by atoms with Gasteiger partial charge in [-0.1, -0.05) is 0 Å². The number of halogens is 2. The summed E-state index contributed by atoms with van der Waals surface area (Å²) in [5.41, 5.74) is 6.40. The molecule has 2 aromatic rings. The quantitative estimate of drug-likeness (QED) is 0.756. The van der Waals surface area contributed by atoms with Gasteiger partial charge in [-0.15, -0.1) is 0 Å². The Morgan fingerprint density at radius 2 is 2.07 bits per heavy atom. The Morgan fingerprint density at radius 1 is 1.33 bits per heavy atom. The molecule has 78 valence electrons. The molecule has 0 saturated heterocycles. The summed E-state index contributed by atoms with van der Waals surface area (Å²) in [5, 5.41) is 5.99. The van der Waals surface area contributed by atoms with Crippen molar-refractivity contribution in [2.75, 3.05) is 5.73 Å². The lowest BCUT2D eigenvalue weighted by atomic mass is 10.1. The van der Waals surface area contributed by atoms with Crippen LogP contribution >= 0.6 is 0 Å². The van der Waals surface area contributed by atoms with Crippen molar-refractivity contribution in [2.24, 2.45) is 0 Å². The van der Waals surface area contributed by atoms with Crippen molar-refractivity contribution in [3.05, 3.63) is 35.4 Å². The van der Waals surface area contributed by atoms with Gasteiger partial charge in [0.1, 0.15) is 11.5 Å². The minimum Gasteiger partial charge on any atom is -0.380 e. The van der Waals surface area contributed by atoms with Crippen LogP contribution in [0, 0.1) is 18.6 Å². The molecule has 0 aliphatic rings. The van der Waals surface area contributed by atoms with Crippen molar-refractivity contribution < 1.29 is 8.78 Å². The first kappa shape index (κ1) is 9.64. The van der Waals surface area contributed by atoms with E-state index in [1.54, 1.807) is 6.92 Å². The fourth-order valence-electron chi connectivity index (χ4n) is 1.33. The third-order valence-corrected chi connectivity index (χ3v) is 2.18. The number of nitrogens with zero attached hydrogens (tertiary/aromatic N) is 1. The van der Waals surface area contributed by atoms with E-state index in [2.05, 4.69) is 10.2 Å². The summed E-state index contributed by atoms with van der Waals surface area (Å²) >= 11 is 0. The van der Waals surface area contributed by atoms with Crippen LogP contribution in [0.4, 0.5) is 14.6 Å². The highest BCUT2D eigenvalue weighted by atomic mass is 19.1. The predicted octanol–water partition coefficient (Wildman–Crippen LogP) is 2.25. The van der Waals surface area contributed by atoms with Gasteiger partial charge < -0.3 is 5.73 Å². The monoisotopic (exact) mass is 209 g/mol. The van der Waals surface area contributed by atoms with Crippen LogP contribution in [-0.4, -0.2) is 10.2 Å². The standard InChI is InChI=1S/C10H9F2N3/c1-5-4-6(2-3-7(5)11)9-8(12)10(13)15-14-9/h2-4H,1H3,(H3,13,14,15). The molecule has 15 heavy (non-hydrogen) atoms. The van der Waals surface area contributed by atoms with Crippen LogP contribution in [0.3, 0.4) is 0 Å². The van der Waals surface area contributed by atoms with Crippen LogP contribution in [0.15, 0.2) is 18.2 Å². The number of rotatable bonds is 1. The molecule has 0 spiro atoms. The Bertz CT molecular complexity index is 505. The van der Waals surface area contributed by atoms with Crippen molar-refractivity contribution in [1.29, 1.82) is 0 Å². The Balaban J connectivity index is 2.55. The maximum Gasteiger partial charge on any atom is 0.192 e. The number of H-pyrrole nitrogens is 1. The molecule has 0 amide bonds. The molecule has 0 saturated carbocycles. The molecule has 3 nitrogen and oxygen atoms in total. The number of anilines is 1. The molecular weight excluding hydrogens is 200 g/mol. The van der Waals surface area contributed by atoms with Crippen molar-refractivity contribution in [1.82, 2.24) is 10.2 Å². The van der Waals surface area contributed by atoms with Gasteiger partial charge in [-0.3, -0.25) is 5.10 Å². The molecule has 1 heterocycles. The zero-order valence-corrected chi connectivity index (χ0v) is 8.01. The number of hydrogen-bond donors (Lipinski definition) is 2. The number of nitrogens with one attached hydrogen (secondary N) is 1. The van der Waals surface area contributed by atoms with Gasteiger partial charge in [0.15, 0.2) is 11.6 Å². The van der Waals surface area contributed by atoms with E-state index >= 15 is 0 Å². The normalized spacial score (nSPS) is 10.6. The number of aryl methyl sites for hydroxylation is 1. The van der Waals surface area contributed by atoms with Crippen LogP contribution in [0.2, 0.25) is 0 Å². The summed E-state index contributed by atoms with van der Waals surface area (Å²) in [6, 6.07) is 4.28. The lowest BCUT2D eigenvalue weighted by Crippen LogP contribution is -1.88. The molecule has 1 aromatic carbocycles. The van der Waals surface area contributed by atoms with Gasteiger partial charge in [0.25, 0.3) is 0 Å². The summed E-state index contributed by atoms with van der Waals surface area (Å²) in [6.45, 7) is 1.61. The fraction of sp³-hybridized carbons (Fsp3) is 0.100. The number of hydrogen-bond acceptors (Lipinski definition) is 2. The number of aromatic nitrogens is 2. The minimum absolute atomic E-state index is 0.176. The van der Waals surface area contributed by atoms with Crippen LogP contribution in [0.25, 0.3) is 11.3 Å². The molecule has 0 atom stereocenters. The third kappa shape index (κ3) is 1.56. The molecule has 0 bridgehead atoms. The van der Waals surface area contributed by atoms with E-state index in [9.17, 15) is 8.78 Å². The number of aromatic amines is 1. The second-order valence-electron chi connectivity index (χ2n) is 3.26. The van der Waals surface area contributed by atoms with Gasteiger partial charge in [0.2, 0.25) is 0 Å². The molecule has 0 unspecified atom stereocenters. The van der Waals surface area contributed by atoms with Gasteiger partial charge in [-0.2, -0.15) is 5.10 Å². The van der Waals surface area contributed by atoms with E-state index in [1.807, 2.05) is 0 Å². The molecule has 0 aliphatic heterocycles. The summed E-state index contributed by atoms with van der Waals surface area (Å²) in [7, 11) is 0. The maximum absolute atomic E-state index is 13.4. The first-order valence-corrected chi connectivity index (χ1v) is 4.35. The van der Waals surface area contributed by atoms with E-state index < -0.39 is 5.82 Å². The van der Waals surface area contributed by atoms with E-state index in [-0.39, 0.29) is 17.3 Å². The largest absolute Gasteiger partial charge is 0.380 e. The molecular formula is C10H9F2N3. The summed E-state index contributed by atoms with van der Waals surface area (Å²) in [5.74, 6) is -1.13. The van der Waals surface area contributed by atoms with Crippen LogP contribution in [-0.2, 0) is 0 Å². The maximum atomic E-state index is 13.4. The van der Waals surface area contributed by atoms with Gasteiger partial charge in [-0.05, 0) is 30.7 Å². The molecule has 0 fully saturated rings. The van der Waals surface area contributed by atoms with E-state index in [0.717, 1.165) is 0 Å². The Hall–Kier alpha value is -1.91. The van der Waals surface area contributed by atoms with E-state index in [1.165, 1.54) is 18.2 Å². The molecule has 0 aliphatic carbocycles. The zero-order chi connectivity index (χ0) is 11.0. The van der Waals surface area contributed by atoms with E-state index in [4.69, 9.17) is 5.73 Å². The van der Waals surface area contributed by atoms with Crippen LogP contribution in [0.1, 0.15) is 5.56 Å². The average Bonchev–Trinajstić information content (AvgIpc) is 2.53. The lowest BCUT2D eigenvalue weighted by Gasteiger charge is -2.00. The highest BCUT2D eigenvalue weighted by molar-refractivity contribution is 5.63. The first-order chi connectivity index (χ1) is 7.09. The number of nitrogens with two attached hydrogens (primary N) is 1. The van der Waals surface area contributed by atoms with Crippen LogP contribution < -0.4 is 5.73 Å². The summed E-state index contributed by atoms with van der Waals surface area (Å²) < 4.78 is 26.3. The van der Waals surface area contributed by atoms with E-state index in [0.29, 0.717) is 11.1 Å². The molecule has 0 radical (unpaired) electrons. The summed E-state index contributed by atoms with van der Waals surface area (Å²) in [6.07, 6.45) is 0. The second-order valence-corrected chi connectivity index (χ2v) is 3.26. The van der Waals surface area contributed by atoms with Crippen molar-refractivity contribution in [3.8, 4) is 11.3 Å². The third-order valence-electron chi connectivity index (χ3n) is 2.18. The van der Waals surface area contributed by atoms with Gasteiger partial charge in [0, 0.05) is 5.56 Å². The second kappa shape index (κ2) is 3.34. The number of benzene rings is 1. The van der Waals surface area contributed by atoms with Gasteiger partial charge in [-0.25, -0.2) is 8.78 Å². The van der Waals surface area contributed by atoms with Crippen molar-refractivity contribution in [2.45, 2.75) is 6.92 Å². The molecule has 2 rings (SSSR count). The SMILES string of the molecule is Cc1cc(-c2[nH]nc(N)c2F)ccc1F. The van der Waals surface area contributed by atoms with Crippen molar-refractivity contribution in [3.63, 3.8) is 0 Å².